The maximum Gasteiger partial charge on any atom is 0.420 e. The van der Waals surface area contributed by atoms with Gasteiger partial charge in [-0.25, -0.2) is 9.59 Å². The average molecular weight is 377 g/mol. The fraction of sp³-hybridized carbons (Fsp3) is 0.111. The number of alkyl halides is 3. The Morgan fingerprint density at radius 3 is 2.63 bits per heavy atom. The number of halogens is 3. The Morgan fingerprint density at radius 1 is 1.19 bits per heavy atom. The predicted octanol–water partition coefficient (Wildman–Crippen LogP) is 4.44. The zero-order chi connectivity index (χ0) is 19.6. The van der Waals surface area contributed by atoms with Crippen molar-refractivity contribution >= 4 is 28.5 Å². The molecule has 2 N–H and O–H groups in total. The van der Waals surface area contributed by atoms with Gasteiger partial charge in [0.05, 0.1) is 16.8 Å². The number of aromatic nitrogens is 1. The van der Waals surface area contributed by atoms with Crippen molar-refractivity contribution < 1.29 is 22.4 Å². The number of allylic oxidation sites excluding steroid dienone is 1. The highest BCUT2D eigenvalue weighted by atomic mass is 19.4. The van der Waals surface area contributed by atoms with Crippen molar-refractivity contribution in [2.24, 2.45) is 0 Å². The number of rotatable bonds is 4. The largest absolute Gasteiger partial charge is 0.420 e. The molecule has 0 spiro atoms. The number of carbonyl (C=O) groups is 1. The Labute approximate surface area is 150 Å². The monoisotopic (exact) mass is 377 g/mol. The van der Waals surface area contributed by atoms with E-state index in [1.54, 1.807) is 6.07 Å². The number of urea groups is 1. The standard InChI is InChI=1S/C18H14F3N3O3/c1-2-9-24-14-8-7-11(10-15(14)27-17(24)26)22-16(25)23-13-6-4-3-5-12(13)18(19,20)21/h2-8,10H,1,9H2,(H2,22,23,25). The highest BCUT2D eigenvalue weighted by Gasteiger charge is 2.33. The van der Waals surface area contributed by atoms with E-state index in [1.165, 1.54) is 34.9 Å². The van der Waals surface area contributed by atoms with Gasteiger partial charge in [-0.3, -0.25) is 4.57 Å². The van der Waals surface area contributed by atoms with E-state index >= 15 is 0 Å². The second kappa shape index (κ2) is 7.02. The topological polar surface area (TPSA) is 76.3 Å². The zero-order valence-corrected chi connectivity index (χ0v) is 13.8. The summed E-state index contributed by atoms with van der Waals surface area (Å²) in [4.78, 5) is 23.8. The summed E-state index contributed by atoms with van der Waals surface area (Å²) in [5.74, 6) is -0.578. The van der Waals surface area contributed by atoms with Crippen LogP contribution in [0, 0.1) is 0 Å². The maximum absolute atomic E-state index is 13.0. The van der Waals surface area contributed by atoms with Gasteiger partial charge in [-0.1, -0.05) is 18.2 Å². The third-order valence-electron chi connectivity index (χ3n) is 3.72. The number of carbonyl (C=O) groups excluding carboxylic acids is 1. The van der Waals surface area contributed by atoms with Gasteiger partial charge in [0.1, 0.15) is 0 Å². The van der Waals surface area contributed by atoms with Crippen LogP contribution in [0.15, 0.2) is 64.3 Å². The van der Waals surface area contributed by atoms with Crippen molar-refractivity contribution in [3.8, 4) is 0 Å². The van der Waals surface area contributed by atoms with Crippen molar-refractivity contribution in [1.29, 1.82) is 0 Å². The molecule has 1 aromatic heterocycles. The molecule has 27 heavy (non-hydrogen) atoms. The van der Waals surface area contributed by atoms with Crippen molar-refractivity contribution in [3.05, 3.63) is 71.2 Å². The molecule has 0 unspecified atom stereocenters. The minimum Gasteiger partial charge on any atom is -0.408 e. The quantitative estimate of drug-likeness (QED) is 0.660. The second-order valence-corrected chi connectivity index (χ2v) is 5.57. The molecule has 1 heterocycles. The smallest absolute Gasteiger partial charge is 0.408 e. The lowest BCUT2D eigenvalue weighted by molar-refractivity contribution is -0.136. The molecule has 0 saturated carbocycles. The molecule has 6 nitrogen and oxygen atoms in total. The zero-order valence-electron chi connectivity index (χ0n) is 13.8. The lowest BCUT2D eigenvalue weighted by Gasteiger charge is -2.14. The molecular weight excluding hydrogens is 363 g/mol. The highest BCUT2D eigenvalue weighted by Crippen LogP contribution is 2.34. The highest BCUT2D eigenvalue weighted by molar-refractivity contribution is 6.01. The number of hydrogen-bond acceptors (Lipinski definition) is 3. The number of fused-ring (bicyclic) bond motifs is 1. The summed E-state index contributed by atoms with van der Waals surface area (Å²) in [6.07, 6.45) is -3.06. The summed E-state index contributed by atoms with van der Waals surface area (Å²) in [5.41, 5.74) is -0.331. The number of hydrogen-bond donors (Lipinski definition) is 2. The molecule has 0 aliphatic carbocycles. The Hall–Kier alpha value is -3.49. The van der Waals surface area contributed by atoms with E-state index < -0.39 is 23.5 Å². The van der Waals surface area contributed by atoms with Gasteiger partial charge in [0.2, 0.25) is 0 Å². The van der Waals surface area contributed by atoms with Crippen molar-refractivity contribution in [2.45, 2.75) is 12.7 Å². The first-order valence-electron chi connectivity index (χ1n) is 7.78. The number of para-hydroxylation sites is 1. The molecule has 0 saturated heterocycles. The van der Waals surface area contributed by atoms with Crippen molar-refractivity contribution in [2.75, 3.05) is 10.6 Å². The van der Waals surface area contributed by atoms with Gasteiger partial charge in [0.25, 0.3) is 0 Å². The molecule has 2 amide bonds. The first-order valence-corrected chi connectivity index (χ1v) is 7.78. The molecule has 0 aliphatic rings. The number of anilines is 2. The van der Waals surface area contributed by atoms with Crippen LogP contribution in [0.5, 0.6) is 0 Å². The van der Waals surface area contributed by atoms with Gasteiger partial charge in [-0.05, 0) is 24.3 Å². The van der Waals surface area contributed by atoms with Crippen LogP contribution < -0.4 is 16.4 Å². The molecule has 0 bridgehead atoms. The van der Waals surface area contributed by atoms with Crippen LogP contribution in [-0.2, 0) is 12.7 Å². The van der Waals surface area contributed by atoms with E-state index in [4.69, 9.17) is 4.42 Å². The summed E-state index contributed by atoms with van der Waals surface area (Å²) in [7, 11) is 0. The summed E-state index contributed by atoms with van der Waals surface area (Å²) < 4.78 is 45.4. The normalized spacial score (nSPS) is 11.4. The number of nitrogens with zero attached hydrogens (tertiary/aromatic N) is 1. The van der Waals surface area contributed by atoms with Gasteiger partial charge in [-0.2, -0.15) is 13.2 Å². The fourth-order valence-electron chi connectivity index (χ4n) is 2.57. The molecule has 3 aromatic rings. The summed E-state index contributed by atoms with van der Waals surface area (Å²) in [5, 5.41) is 4.58. The summed E-state index contributed by atoms with van der Waals surface area (Å²) in [6.45, 7) is 3.82. The molecule has 9 heteroatoms. The number of nitrogens with one attached hydrogen (secondary N) is 2. The van der Waals surface area contributed by atoms with Crippen LogP contribution in [0.1, 0.15) is 5.56 Å². The molecule has 140 valence electrons. The minimum atomic E-state index is -4.60. The van der Waals surface area contributed by atoms with Crippen LogP contribution in [-0.4, -0.2) is 10.6 Å². The maximum atomic E-state index is 13.0. The minimum absolute atomic E-state index is 0.232. The van der Waals surface area contributed by atoms with Gasteiger partial charge >= 0.3 is 18.0 Å². The van der Waals surface area contributed by atoms with Gasteiger partial charge < -0.3 is 15.1 Å². The van der Waals surface area contributed by atoms with E-state index in [9.17, 15) is 22.8 Å². The average Bonchev–Trinajstić information content (AvgIpc) is 2.89. The number of oxazole rings is 1. The lowest BCUT2D eigenvalue weighted by atomic mass is 10.1. The van der Waals surface area contributed by atoms with E-state index in [0.29, 0.717) is 5.52 Å². The first-order chi connectivity index (χ1) is 12.8. The molecule has 0 fully saturated rings. The molecular formula is C18H14F3N3O3. The number of benzene rings is 2. The van der Waals surface area contributed by atoms with Crippen molar-refractivity contribution in [3.63, 3.8) is 0 Å². The van der Waals surface area contributed by atoms with Crippen LogP contribution in [0.4, 0.5) is 29.3 Å². The second-order valence-electron chi connectivity index (χ2n) is 5.57. The van der Waals surface area contributed by atoms with Crippen LogP contribution >= 0.6 is 0 Å². The Balaban J connectivity index is 1.81. The van der Waals surface area contributed by atoms with E-state index in [2.05, 4.69) is 17.2 Å². The SMILES string of the molecule is C=CCn1c(=O)oc2cc(NC(=O)Nc3ccccc3C(F)(F)F)ccc21. The first kappa shape index (κ1) is 18.3. The Kier molecular flexibility index (Phi) is 4.76. The Morgan fingerprint density at radius 2 is 1.93 bits per heavy atom. The van der Waals surface area contributed by atoms with Gasteiger partial charge in [-0.15, -0.1) is 6.58 Å². The predicted molar refractivity (Wildman–Crippen MR) is 94.8 cm³/mol. The molecule has 0 aliphatic heterocycles. The third kappa shape index (κ3) is 3.86. The fourth-order valence-corrected chi connectivity index (χ4v) is 2.57. The summed E-state index contributed by atoms with van der Waals surface area (Å²) in [6, 6.07) is 8.25. The molecule has 0 radical (unpaired) electrons. The summed E-state index contributed by atoms with van der Waals surface area (Å²) >= 11 is 0. The third-order valence-corrected chi connectivity index (χ3v) is 3.72. The van der Waals surface area contributed by atoms with Crippen LogP contribution in [0.25, 0.3) is 11.1 Å². The Bertz CT molecular complexity index is 1070. The van der Waals surface area contributed by atoms with E-state index in [0.717, 1.165) is 12.1 Å². The van der Waals surface area contributed by atoms with Gasteiger partial charge in [0.15, 0.2) is 5.58 Å². The van der Waals surface area contributed by atoms with Crippen LogP contribution in [0.3, 0.4) is 0 Å². The van der Waals surface area contributed by atoms with E-state index in [1.807, 2.05) is 0 Å². The van der Waals surface area contributed by atoms with Crippen molar-refractivity contribution in [1.82, 2.24) is 4.57 Å². The lowest BCUT2D eigenvalue weighted by Crippen LogP contribution is -2.21. The van der Waals surface area contributed by atoms with Gasteiger partial charge in [0, 0.05) is 18.3 Å². The molecule has 0 atom stereocenters. The van der Waals surface area contributed by atoms with Crippen LogP contribution in [0.2, 0.25) is 0 Å². The number of amides is 2. The molecule has 2 aromatic carbocycles. The van der Waals surface area contributed by atoms with E-state index in [-0.39, 0.29) is 23.5 Å². The molecule has 3 rings (SSSR count).